The molecule has 3 aromatic rings. The molecular weight excluding hydrogens is 578 g/mol. The van der Waals surface area contributed by atoms with Crippen molar-refractivity contribution in [3.05, 3.63) is 66.2 Å². The molecule has 2 fully saturated rings. The van der Waals surface area contributed by atoms with Crippen LogP contribution < -0.4 is 20.9 Å². The molecule has 5 rings (SSSR count). The molecule has 2 aromatic carbocycles. The molecule has 45 heavy (non-hydrogen) atoms. The summed E-state index contributed by atoms with van der Waals surface area (Å²) >= 11 is 0. The fourth-order valence-corrected chi connectivity index (χ4v) is 5.46. The van der Waals surface area contributed by atoms with Gasteiger partial charge in [0.05, 0.1) is 25.7 Å². The van der Waals surface area contributed by atoms with Crippen molar-refractivity contribution in [2.75, 3.05) is 38.1 Å². The van der Waals surface area contributed by atoms with Gasteiger partial charge in [0.1, 0.15) is 12.1 Å². The van der Waals surface area contributed by atoms with Crippen molar-refractivity contribution >= 4 is 29.6 Å². The van der Waals surface area contributed by atoms with Crippen LogP contribution in [0.4, 0.5) is 6.01 Å². The maximum atomic E-state index is 13.8. The Labute approximate surface area is 261 Å². The second-order valence-corrected chi connectivity index (χ2v) is 11.9. The van der Waals surface area contributed by atoms with Crippen molar-refractivity contribution in [1.29, 1.82) is 0 Å². The minimum absolute atomic E-state index is 0.0650. The van der Waals surface area contributed by atoms with Crippen LogP contribution in [0.15, 0.2) is 65.2 Å². The Kier molecular flexibility index (Phi) is 10.1. The molecule has 2 bridgehead atoms. The van der Waals surface area contributed by atoms with E-state index in [1.807, 2.05) is 74.5 Å². The van der Waals surface area contributed by atoms with Gasteiger partial charge in [-0.25, -0.2) is 0 Å². The summed E-state index contributed by atoms with van der Waals surface area (Å²) < 4.78 is 11.8. The van der Waals surface area contributed by atoms with Crippen LogP contribution in [0.2, 0.25) is 0 Å². The van der Waals surface area contributed by atoms with Crippen LogP contribution in [0.3, 0.4) is 0 Å². The second kappa shape index (κ2) is 14.3. The number of anilines is 1. The van der Waals surface area contributed by atoms with Crippen LogP contribution in [0.5, 0.6) is 0 Å². The summed E-state index contributed by atoms with van der Waals surface area (Å²) in [5, 5.41) is 12.6. The molecule has 2 aliphatic heterocycles. The van der Waals surface area contributed by atoms with E-state index in [1.165, 1.54) is 11.9 Å². The number of nitrogens with zero attached hydrogens (tertiary/aromatic N) is 4. The zero-order valence-electron chi connectivity index (χ0n) is 25.6. The molecule has 0 saturated carbocycles. The van der Waals surface area contributed by atoms with E-state index in [2.05, 4.69) is 26.1 Å². The third-order valence-corrected chi connectivity index (χ3v) is 7.69. The molecule has 1 aromatic heterocycles. The molecule has 3 N–H and O–H groups in total. The number of benzene rings is 2. The lowest BCUT2D eigenvalue weighted by molar-refractivity contribution is -0.143. The lowest BCUT2D eigenvalue weighted by atomic mass is 10.0. The van der Waals surface area contributed by atoms with Gasteiger partial charge in [-0.2, -0.15) is 4.98 Å². The van der Waals surface area contributed by atoms with Gasteiger partial charge in [0.25, 0.3) is 5.91 Å². The first-order valence-electron chi connectivity index (χ1n) is 15.1. The van der Waals surface area contributed by atoms with E-state index in [9.17, 15) is 19.2 Å². The minimum Gasteiger partial charge on any atom is -0.360 e. The molecule has 4 amide bonds. The normalized spacial score (nSPS) is 23.6. The molecule has 0 unspecified atom stereocenters. The lowest BCUT2D eigenvalue weighted by Crippen LogP contribution is -2.59. The summed E-state index contributed by atoms with van der Waals surface area (Å²) in [7, 11) is 1.50. The molecule has 3 heterocycles. The SMILES string of the molecule is CC(C)C[C@@H]1NC(=O)CN(C)C(=O)[C@@H](Cc2ccccc2)NC(=O)[C@H]2CN(c3nc(-c4ccccc4)no3)C[C@@H](CNC1=O)O2. The van der Waals surface area contributed by atoms with Gasteiger partial charge in [0.2, 0.25) is 23.5 Å². The van der Waals surface area contributed by atoms with Gasteiger partial charge in [-0.1, -0.05) is 79.7 Å². The molecular formula is C32H39N7O6. The number of aromatic nitrogens is 2. The van der Waals surface area contributed by atoms with Crippen LogP contribution >= 0.6 is 0 Å². The van der Waals surface area contributed by atoms with Crippen LogP contribution in [0.1, 0.15) is 25.8 Å². The van der Waals surface area contributed by atoms with E-state index in [-0.39, 0.29) is 50.4 Å². The number of likely N-dealkylation sites (N-methyl/N-ethyl adjacent to an activating group) is 1. The molecule has 0 radical (unpaired) electrons. The Morgan fingerprint density at radius 3 is 2.33 bits per heavy atom. The predicted octanol–water partition coefficient (Wildman–Crippen LogP) is 1.16. The fraction of sp³-hybridized carbons (Fsp3) is 0.438. The summed E-state index contributed by atoms with van der Waals surface area (Å²) in [5.74, 6) is -1.31. The van der Waals surface area contributed by atoms with Gasteiger partial charge in [-0.15, -0.1) is 0 Å². The zero-order valence-corrected chi connectivity index (χ0v) is 25.6. The van der Waals surface area contributed by atoms with Crippen molar-refractivity contribution in [2.24, 2.45) is 5.92 Å². The first kappa shape index (κ1) is 31.6. The maximum absolute atomic E-state index is 13.8. The molecule has 13 nitrogen and oxygen atoms in total. The fourth-order valence-electron chi connectivity index (χ4n) is 5.46. The first-order valence-corrected chi connectivity index (χ1v) is 15.1. The van der Waals surface area contributed by atoms with E-state index < -0.39 is 42.0 Å². The molecule has 4 atom stereocenters. The number of amides is 4. The van der Waals surface area contributed by atoms with E-state index >= 15 is 0 Å². The smallest absolute Gasteiger partial charge is 0.324 e. The highest BCUT2D eigenvalue weighted by molar-refractivity contribution is 5.93. The van der Waals surface area contributed by atoms with Gasteiger partial charge in [-0.3, -0.25) is 19.2 Å². The summed E-state index contributed by atoms with van der Waals surface area (Å²) in [6.45, 7) is 4.02. The molecule has 0 spiro atoms. The van der Waals surface area contributed by atoms with Crippen molar-refractivity contribution < 1.29 is 28.4 Å². The molecule has 13 heteroatoms. The minimum atomic E-state index is -1.03. The number of carbonyl (C=O) groups is 4. The first-order chi connectivity index (χ1) is 21.7. The number of carbonyl (C=O) groups excluding carboxylic acids is 4. The average molecular weight is 618 g/mol. The molecule has 2 aliphatic rings. The monoisotopic (exact) mass is 617 g/mol. The summed E-state index contributed by atoms with van der Waals surface area (Å²) in [4.78, 5) is 61.3. The summed E-state index contributed by atoms with van der Waals surface area (Å²) in [5.41, 5.74) is 1.61. The Balaban J connectivity index is 1.44. The van der Waals surface area contributed by atoms with E-state index in [4.69, 9.17) is 9.26 Å². The third-order valence-electron chi connectivity index (χ3n) is 7.69. The van der Waals surface area contributed by atoms with Crippen molar-refractivity contribution in [3.63, 3.8) is 0 Å². The largest absolute Gasteiger partial charge is 0.360 e. The van der Waals surface area contributed by atoms with Crippen molar-refractivity contribution in [2.45, 2.75) is 51.0 Å². The number of morpholine rings is 1. The number of ether oxygens (including phenoxy) is 1. The Bertz CT molecular complexity index is 1480. The Morgan fingerprint density at radius 1 is 0.911 bits per heavy atom. The van der Waals surface area contributed by atoms with Crippen molar-refractivity contribution in [3.8, 4) is 11.4 Å². The van der Waals surface area contributed by atoms with E-state index in [0.717, 1.165) is 11.1 Å². The highest BCUT2D eigenvalue weighted by atomic mass is 16.5. The standard InChI is InChI=1S/C32H39N7O6/c1-20(2)14-24-29(41)33-16-23-17-39(32-36-28(37-45-32)22-12-8-5-9-13-22)18-26(44-23)30(42)35-25(15-21-10-6-4-7-11-21)31(43)38(3)19-27(40)34-24/h4-13,20,23-26H,14-19H2,1-3H3,(H,33,41)(H,34,40)(H,35,42)/t23-,24+,25-,26-/m1/s1. The third kappa shape index (κ3) is 8.24. The Hall–Kier alpha value is -4.78. The van der Waals surface area contributed by atoms with Crippen LogP contribution in [-0.2, 0) is 30.3 Å². The van der Waals surface area contributed by atoms with E-state index in [1.54, 1.807) is 4.90 Å². The van der Waals surface area contributed by atoms with E-state index in [0.29, 0.717) is 12.2 Å². The summed E-state index contributed by atoms with van der Waals surface area (Å²) in [6, 6.07) is 17.1. The quantitative estimate of drug-likeness (QED) is 0.369. The summed E-state index contributed by atoms with van der Waals surface area (Å²) in [6.07, 6.45) is -1.06. The number of hydrogen-bond donors (Lipinski definition) is 3. The number of rotatable bonds is 6. The average Bonchev–Trinajstić information content (AvgIpc) is 3.53. The van der Waals surface area contributed by atoms with Gasteiger partial charge < -0.3 is 35.0 Å². The van der Waals surface area contributed by atoms with Gasteiger partial charge >= 0.3 is 6.01 Å². The molecule has 238 valence electrons. The number of fused-ring (bicyclic) bond motifs is 2. The highest BCUT2D eigenvalue weighted by Crippen LogP contribution is 2.23. The number of nitrogens with one attached hydrogen (secondary N) is 3. The second-order valence-electron chi connectivity index (χ2n) is 11.9. The van der Waals surface area contributed by atoms with Crippen LogP contribution in [0, 0.1) is 5.92 Å². The van der Waals surface area contributed by atoms with Gasteiger partial charge in [0.15, 0.2) is 6.10 Å². The highest BCUT2D eigenvalue weighted by Gasteiger charge is 2.38. The van der Waals surface area contributed by atoms with Crippen molar-refractivity contribution in [1.82, 2.24) is 31.0 Å². The molecule has 2 saturated heterocycles. The van der Waals surface area contributed by atoms with Crippen LogP contribution in [0.25, 0.3) is 11.4 Å². The maximum Gasteiger partial charge on any atom is 0.324 e. The van der Waals surface area contributed by atoms with Gasteiger partial charge in [-0.05, 0) is 17.9 Å². The van der Waals surface area contributed by atoms with Crippen LogP contribution in [-0.4, -0.2) is 96.2 Å². The zero-order chi connectivity index (χ0) is 31.9. The predicted molar refractivity (Wildman–Crippen MR) is 165 cm³/mol. The molecule has 0 aliphatic carbocycles. The van der Waals surface area contributed by atoms with Gasteiger partial charge in [0, 0.05) is 25.6 Å². The number of hydrogen-bond acceptors (Lipinski definition) is 9. The Morgan fingerprint density at radius 2 is 1.62 bits per heavy atom. The topological polar surface area (TPSA) is 159 Å². The lowest BCUT2D eigenvalue weighted by Gasteiger charge is -2.37.